The van der Waals surface area contributed by atoms with Crippen LogP contribution in [0.5, 0.6) is 0 Å². The van der Waals surface area contributed by atoms with Gasteiger partial charge in [-0.05, 0) is 30.1 Å². The predicted molar refractivity (Wildman–Crippen MR) is 50.5 cm³/mol. The van der Waals surface area contributed by atoms with Crippen LogP contribution in [0.15, 0.2) is 0 Å². The maximum absolute atomic E-state index is 2.35. The number of hydrogen-bond acceptors (Lipinski definition) is 0. The van der Waals surface area contributed by atoms with Crippen LogP contribution >= 0.6 is 0 Å². The lowest BCUT2D eigenvalue weighted by Gasteiger charge is -2.01. The van der Waals surface area contributed by atoms with Crippen molar-refractivity contribution in [2.45, 2.75) is 47.0 Å². The van der Waals surface area contributed by atoms with Crippen molar-refractivity contribution in [2.24, 2.45) is 23.7 Å². The normalized spacial score (nSPS) is 36.3. The molecular weight excluding hydrogens is 132 g/mol. The van der Waals surface area contributed by atoms with E-state index in [-0.39, 0.29) is 0 Å². The highest BCUT2D eigenvalue weighted by Crippen LogP contribution is 2.53. The van der Waals surface area contributed by atoms with E-state index in [2.05, 4.69) is 27.7 Å². The van der Waals surface area contributed by atoms with E-state index >= 15 is 0 Å². The second-order valence-corrected chi connectivity index (χ2v) is 4.44. The minimum atomic E-state index is 0.908. The van der Waals surface area contributed by atoms with Crippen molar-refractivity contribution < 1.29 is 0 Å². The molecule has 2 unspecified atom stereocenters. The van der Waals surface area contributed by atoms with E-state index in [1.54, 1.807) is 0 Å². The second-order valence-electron chi connectivity index (χ2n) is 4.44. The zero-order valence-corrected chi connectivity index (χ0v) is 8.43. The SMILES string of the molecule is CCC1C(CC)C1CC(C)C. The minimum Gasteiger partial charge on any atom is -0.0651 e. The largest absolute Gasteiger partial charge is 0.0651 e. The minimum absolute atomic E-state index is 0.908. The van der Waals surface area contributed by atoms with Gasteiger partial charge in [-0.2, -0.15) is 0 Å². The van der Waals surface area contributed by atoms with Crippen LogP contribution in [0.2, 0.25) is 0 Å². The molecule has 1 saturated carbocycles. The standard InChI is InChI=1S/C11H22/c1-5-9-10(6-2)11(9)7-8(3)4/h8-11H,5-7H2,1-4H3. The van der Waals surface area contributed by atoms with Crippen LogP contribution in [-0.4, -0.2) is 0 Å². The van der Waals surface area contributed by atoms with Crippen LogP contribution in [0.4, 0.5) is 0 Å². The second kappa shape index (κ2) is 3.60. The first-order valence-electron chi connectivity index (χ1n) is 5.20. The first kappa shape index (κ1) is 9.09. The third-order valence-electron chi connectivity index (χ3n) is 3.20. The zero-order chi connectivity index (χ0) is 8.43. The molecule has 0 saturated heterocycles. The summed E-state index contributed by atoms with van der Waals surface area (Å²) in [4.78, 5) is 0. The molecule has 0 nitrogen and oxygen atoms in total. The van der Waals surface area contributed by atoms with Gasteiger partial charge in [-0.25, -0.2) is 0 Å². The Balaban J connectivity index is 2.26. The topological polar surface area (TPSA) is 0 Å². The van der Waals surface area contributed by atoms with Gasteiger partial charge < -0.3 is 0 Å². The van der Waals surface area contributed by atoms with Crippen molar-refractivity contribution in [3.8, 4) is 0 Å². The quantitative estimate of drug-likeness (QED) is 0.579. The van der Waals surface area contributed by atoms with E-state index in [9.17, 15) is 0 Å². The van der Waals surface area contributed by atoms with E-state index in [1.165, 1.54) is 19.3 Å². The Bertz CT molecular complexity index is 105. The average Bonchev–Trinajstić information content (AvgIpc) is 2.60. The molecule has 1 aliphatic rings. The van der Waals surface area contributed by atoms with Gasteiger partial charge in [0.15, 0.2) is 0 Å². The smallest absolute Gasteiger partial charge is 0.0350 e. The van der Waals surface area contributed by atoms with Crippen molar-refractivity contribution >= 4 is 0 Å². The summed E-state index contributed by atoms with van der Waals surface area (Å²) in [6.07, 6.45) is 4.29. The fourth-order valence-electron chi connectivity index (χ4n) is 2.63. The maximum atomic E-state index is 2.35. The lowest BCUT2D eigenvalue weighted by molar-refractivity contribution is 0.497. The van der Waals surface area contributed by atoms with E-state index < -0.39 is 0 Å². The summed E-state index contributed by atoms with van der Waals surface area (Å²) < 4.78 is 0. The number of hydrogen-bond donors (Lipinski definition) is 0. The molecule has 2 atom stereocenters. The van der Waals surface area contributed by atoms with E-state index in [0.29, 0.717) is 0 Å². The third-order valence-corrected chi connectivity index (χ3v) is 3.20. The van der Waals surface area contributed by atoms with Crippen molar-refractivity contribution in [3.63, 3.8) is 0 Å². The van der Waals surface area contributed by atoms with Crippen molar-refractivity contribution in [1.82, 2.24) is 0 Å². The summed E-state index contributed by atoms with van der Waals surface area (Å²) >= 11 is 0. The van der Waals surface area contributed by atoms with Crippen LogP contribution < -0.4 is 0 Å². The molecule has 1 aliphatic carbocycles. The molecule has 0 bridgehead atoms. The van der Waals surface area contributed by atoms with Gasteiger partial charge in [-0.3, -0.25) is 0 Å². The van der Waals surface area contributed by atoms with Crippen molar-refractivity contribution in [3.05, 3.63) is 0 Å². The van der Waals surface area contributed by atoms with Crippen molar-refractivity contribution in [1.29, 1.82) is 0 Å². The van der Waals surface area contributed by atoms with Gasteiger partial charge in [0.05, 0.1) is 0 Å². The molecule has 0 heterocycles. The molecule has 66 valence electrons. The van der Waals surface area contributed by atoms with E-state index in [0.717, 1.165) is 23.7 Å². The number of rotatable bonds is 4. The Morgan fingerprint density at radius 1 is 0.909 bits per heavy atom. The highest BCUT2D eigenvalue weighted by Gasteiger charge is 2.46. The van der Waals surface area contributed by atoms with E-state index in [1.807, 2.05) is 0 Å². The highest BCUT2D eigenvalue weighted by atomic mass is 14.5. The summed E-state index contributed by atoms with van der Waals surface area (Å²) in [5, 5.41) is 0. The summed E-state index contributed by atoms with van der Waals surface area (Å²) in [6, 6.07) is 0. The van der Waals surface area contributed by atoms with Gasteiger partial charge in [0, 0.05) is 0 Å². The van der Waals surface area contributed by atoms with E-state index in [4.69, 9.17) is 0 Å². The molecule has 11 heavy (non-hydrogen) atoms. The Labute approximate surface area is 71.4 Å². The van der Waals surface area contributed by atoms with Crippen LogP contribution in [-0.2, 0) is 0 Å². The van der Waals surface area contributed by atoms with Crippen LogP contribution in [0, 0.1) is 23.7 Å². The molecule has 0 N–H and O–H groups in total. The molecule has 0 heteroatoms. The fourth-order valence-corrected chi connectivity index (χ4v) is 2.63. The fraction of sp³-hybridized carbons (Fsp3) is 1.00. The lowest BCUT2D eigenvalue weighted by Crippen LogP contribution is -1.91. The average molecular weight is 154 g/mol. The predicted octanol–water partition coefficient (Wildman–Crippen LogP) is 3.71. The van der Waals surface area contributed by atoms with Gasteiger partial charge in [0.2, 0.25) is 0 Å². The van der Waals surface area contributed by atoms with Gasteiger partial charge >= 0.3 is 0 Å². The Kier molecular flexibility index (Phi) is 2.98. The summed E-state index contributed by atoms with van der Waals surface area (Å²) in [7, 11) is 0. The monoisotopic (exact) mass is 154 g/mol. The Morgan fingerprint density at radius 3 is 1.64 bits per heavy atom. The summed E-state index contributed by atoms with van der Waals surface area (Å²) in [5.41, 5.74) is 0. The van der Waals surface area contributed by atoms with Gasteiger partial charge in [0.1, 0.15) is 0 Å². The molecular formula is C11H22. The molecule has 1 rings (SSSR count). The van der Waals surface area contributed by atoms with Gasteiger partial charge in [-0.15, -0.1) is 0 Å². The molecule has 0 aliphatic heterocycles. The Hall–Kier alpha value is 0. The molecule has 0 aromatic rings. The molecule has 0 aromatic heterocycles. The summed E-state index contributed by atoms with van der Waals surface area (Å²) in [5.74, 6) is 4.17. The first-order valence-corrected chi connectivity index (χ1v) is 5.20. The molecule has 1 fully saturated rings. The maximum Gasteiger partial charge on any atom is -0.0350 e. The van der Waals surface area contributed by atoms with Crippen LogP contribution in [0.25, 0.3) is 0 Å². The first-order chi connectivity index (χ1) is 5.20. The third kappa shape index (κ3) is 1.98. The molecule has 0 aromatic carbocycles. The molecule has 0 spiro atoms. The van der Waals surface area contributed by atoms with Crippen molar-refractivity contribution in [2.75, 3.05) is 0 Å². The molecule has 0 radical (unpaired) electrons. The van der Waals surface area contributed by atoms with Crippen LogP contribution in [0.1, 0.15) is 47.0 Å². The van der Waals surface area contributed by atoms with Gasteiger partial charge in [0.25, 0.3) is 0 Å². The lowest BCUT2D eigenvalue weighted by atomic mass is 10.0. The van der Waals surface area contributed by atoms with Crippen LogP contribution in [0.3, 0.4) is 0 Å². The molecule has 0 amide bonds. The Morgan fingerprint density at radius 2 is 1.36 bits per heavy atom. The highest BCUT2D eigenvalue weighted by molar-refractivity contribution is 4.95. The zero-order valence-electron chi connectivity index (χ0n) is 8.43. The van der Waals surface area contributed by atoms with Gasteiger partial charge in [-0.1, -0.05) is 40.5 Å². The summed E-state index contributed by atoms with van der Waals surface area (Å²) in [6.45, 7) is 9.37.